The summed E-state index contributed by atoms with van der Waals surface area (Å²) in [7, 11) is 0. The van der Waals surface area contributed by atoms with Crippen LogP contribution in [0.4, 0.5) is 13.2 Å². The van der Waals surface area contributed by atoms with E-state index in [1.807, 2.05) is 4.90 Å². The van der Waals surface area contributed by atoms with Crippen LogP contribution in [-0.4, -0.2) is 51.7 Å². The van der Waals surface area contributed by atoms with Crippen LogP contribution in [0.5, 0.6) is 0 Å². The van der Waals surface area contributed by atoms with Gasteiger partial charge >= 0.3 is 6.55 Å². The molecule has 1 aliphatic heterocycles. The van der Waals surface area contributed by atoms with E-state index in [4.69, 9.17) is 0 Å². The molecule has 0 N–H and O–H groups in total. The standard InChI is InChI=1S/C16H17F3N4O/c17-13-4-2-1-3-12(13)11-21-7-9-22(10-8-21)15(24)14-5-6-20-23(14)16(18)19/h1-6,16H,7-11H2. The van der Waals surface area contributed by atoms with Crippen molar-refractivity contribution >= 4 is 5.91 Å². The van der Waals surface area contributed by atoms with Crippen LogP contribution in [0.2, 0.25) is 0 Å². The van der Waals surface area contributed by atoms with Gasteiger partial charge in [0.05, 0.1) is 0 Å². The Labute approximate surface area is 137 Å². The van der Waals surface area contributed by atoms with E-state index in [0.717, 1.165) is 0 Å². The lowest BCUT2D eigenvalue weighted by atomic mass is 10.2. The summed E-state index contributed by atoms with van der Waals surface area (Å²) < 4.78 is 39.7. The third-order valence-corrected chi connectivity index (χ3v) is 4.09. The van der Waals surface area contributed by atoms with Gasteiger partial charge in [0.1, 0.15) is 11.5 Å². The number of carbonyl (C=O) groups excluding carboxylic acids is 1. The lowest BCUT2D eigenvalue weighted by Crippen LogP contribution is -2.48. The molecule has 24 heavy (non-hydrogen) atoms. The van der Waals surface area contributed by atoms with Gasteiger partial charge in [0.2, 0.25) is 0 Å². The zero-order chi connectivity index (χ0) is 17.1. The smallest absolute Gasteiger partial charge is 0.333 e. The third kappa shape index (κ3) is 3.43. The Balaban J connectivity index is 1.60. The van der Waals surface area contributed by atoms with Crippen LogP contribution in [-0.2, 0) is 6.54 Å². The van der Waals surface area contributed by atoms with Gasteiger partial charge in [-0.15, -0.1) is 0 Å². The molecule has 1 aromatic carbocycles. The Kier molecular flexibility index (Phi) is 4.84. The first-order valence-corrected chi connectivity index (χ1v) is 7.63. The number of rotatable bonds is 4. The number of aromatic nitrogens is 2. The maximum absolute atomic E-state index is 13.7. The highest BCUT2D eigenvalue weighted by molar-refractivity contribution is 5.92. The van der Waals surface area contributed by atoms with E-state index in [1.165, 1.54) is 23.2 Å². The first-order chi connectivity index (χ1) is 11.6. The highest BCUT2D eigenvalue weighted by atomic mass is 19.3. The molecule has 5 nitrogen and oxygen atoms in total. The number of hydrogen-bond acceptors (Lipinski definition) is 3. The summed E-state index contributed by atoms with van der Waals surface area (Å²) in [6, 6.07) is 7.86. The minimum Gasteiger partial charge on any atom is -0.335 e. The monoisotopic (exact) mass is 338 g/mol. The molecule has 0 unspecified atom stereocenters. The Morgan fingerprint density at radius 1 is 1.12 bits per heavy atom. The molecular formula is C16H17F3N4O. The van der Waals surface area contributed by atoms with Crippen molar-refractivity contribution in [2.24, 2.45) is 0 Å². The molecule has 2 aromatic rings. The lowest BCUT2D eigenvalue weighted by Gasteiger charge is -2.34. The summed E-state index contributed by atoms with van der Waals surface area (Å²) in [6.07, 6.45) is 1.19. The van der Waals surface area contributed by atoms with Gasteiger partial charge in [-0.2, -0.15) is 18.6 Å². The van der Waals surface area contributed by atoms with Crippen molar-refractivity contribution in [1.29, 1.82) is 0 Å². The molecule has 1 aromatic heterocycles. The molecule has 128 valence electrons. The van der Waals surface area contributed by atoms with Gasteiger partial charge in [0.25, 0.3) is 5.91 Å². The van der Waals surface area contributed by atoms with Gasteiger partial charge in [-0.05, 0) is 12.1 Å². The second kappa shape index (κ2) is 7.04. The molecule has 8 heteroatoms. The van der Waals surface area contributed by atoms with Gasteiger partial charge in [-0.1, -0.05) is 18.2 Å². The normalized spacial score (nSPS) is 15.9. The van der Waals surface area contributed by atoms with Gasteiger partial charge in [0, 0.05) is 44.5 Å². The minimum atomic E-state index is -2.85. The largest absolute Gasteiger partial charge is 0.335 e. The number of alkyl halides is 2. The number of hydrogen-bond donors (Lipinski definition) is 0. The second-order valence-corrected chi connectivity index (χ2v) is 5.60. The molecule has 0 saturated carbocycles. The maximum Gasteiger partial charge on any atom is 0.333 e. The second-order valence-electron chi connectivity index (χ2n) is 5.60. The molecule has 2 heterocycles. The van der Waals surface area contributed by atoms with Crippen LogP contribution in [0.15, 0.2) is 36.5 Å². The van der Waals surface area contributed by atoms with E-state index in [-0.39, 0.29) is 11.5 Å². The van der Waals surface area contributed by atoms with E-state index < -0.39 is 12.5 Å². The molecular weight excluding hydrogens is 321 g/mol. The molecule has 1 aliphatic rings. The van der Waals surface area contributed by atoms with Crippen molar-refractivity contribution in [3.05, 3.63) is 53.6 Å². The highest BCUT2D eigenvalue weighted by Gasteiger charge is 2.26. The van der Waals surface area contributed by atoms with Crippen LogP contribution in [0.3, 0.4) is 0 Å². The molecule has 0 atom stereocenters. The summed E-state index contributed by atoms with van der Waals surface area (Å²) in [5.74, 6) is -0.713. The summed E-state index contributed by atoms with van der Waals surface area (Å²) in [6.45, 7) is -0.458. The topological polar surface area (TPSA) is 41.4 Å². The van der Waals surface area contributed by atoms with E-state index in [2.05, 4.69) is 5.10 Å². The SMILES string of the molecule is O=C(c1ccnn1C(F)F)N1CCN(Cc2ccccc2F)CC1. The number of benzene rings is 1. The van der Waals surface area contributed by atoms with E-state index in [1.54, 1.807) is 18.2 Å². The van der Waals surface area contributed by atoms with Crippen LogP contribution >= 0.6 is 0 Å². The molecule has 0 aliphatic carbocycles. The van der Waals surface area contributed by atoms with Crippen LogP contribution < -0.4 is 0 Å². The van der Waals surface area contributed by atoms with Gasteiger partial charge in [-0.25, -0.2) is 4.39 Å². The molecule has 3 rings (SSSR count). The number of amides is 1. The van der Waals surface area contributed by atoms with Crippen molar-refractivity contribution in [3.8, 4) is 0 Å². The number of carbonyl (C=O) groups is 1. The first-order valence-electron chi connectivity index (χ1n) is 7.63. The quantitative estimate of drug-likeness (QED) is 0.859. The molecule has 0 bridgehead atoms. The van der Waals surface area contributed by atoms with Crippen LogP contribution in [0.25, 0.3) is 0 Å². The van der Waals surface area contributed by atoms with Crippen LogP contribution in [0.1, 0.15) is 22.6 Å². The van der Waals surface area contributed by atoms with Crippen molar-refractivity contribution in [1.82, 2.24) is 19.6 Å². The van der Waals surface area contributed by atoms with Crippen molar-refractivity contribution < 1.29 is 18.0 Å². The van der Waals surface area contributed by atoms with Gasteiger partial charge in [0.15, 0.2) is 0 Å². The maximum atomic E-state index is 13.7. The summed E-state index contributed by atoms with van der Waals surface area (Å²) in [4.78, 5) is 15.9. The van der Waals surface area contributed by atoms with Crippen molar-refractivity contribution in [2.45, 2.75) is 13.1 Å². The lowest BCUT2D eigenvalue weighted by molar-refractivity contribution is 0.0423. The molecule has 1 fully saturated rings. The molecule has 0 spiro atoms. The predicted molar refractivity (Wildman–Crippen MR) is 81.1 cm³/mol. The third-order valence-electron chi connectivity index (χ3n) is 4.09. The van der Waals surface area contributed by atoms with Gasteiger partial charge in [-0.3, -0.25) is 9.69 Å². The number of halogens is 3. The molecule has 1 saturated heterocycles. The fourth-order valence-electron chi connectivity index (χ4n) is 2.78. The average molecular weight is 338 g/mol. The van der Waals surface area contributed by atoms with E-state index in [0.29, 0.717) is 43.0 Å². The average Bonchev–Trinajstić information content (AvgIpc) is 3.07. The van der Waals surface area contributed by atoms with Crippen molar-refractivity contribution in [2.75, 3.05) is 26.2 Å². The molecule has 1 amide bonds. The summed E-state index contributed by atoms with van der Waals surface area (Å²) in [5.41, 5.74) is 0.487. The minimum absolute atomic E-state index is 0.118. The van der Waals surface area contributed by atoms with E-state index >= 15 is 0 Å². The Morgan fingerprint density at radius 3 is 2.50 bits per heavy atom. The highest BCUT2D eigenvalue weighted by Crippen LogP contribution is 2.16. The van der Waals surface area contributed by atoms with E-state index in [9.17, 15) is 18.0 Å². The number of nitrogens with zero attached hydrogens (tertiary/aromatic N) is 4. The molecule has 0 radical (unpaired) electrons. The predicted octanol–water partition coefficient (Wildman–Crippen LogP) is 2.38. The zero-order valence-corrected chi connectivity index (χ0v) is 12.9. The fourth-order valence-corrected chi connectivity index (χ4v) is 2.78. The first kappa shape index (κ1) is 16.5. The van der Waals surface area contributed by atoms with Gasteiger partial charge < -0.3 is 4.90 Å². The Hall–Kier alpha value is -2.35. The fraction of sp³-hybridized carbons (Fsp3) is 0.375. The van der Waals surface area contributed by atoms with Crippen LogP contribution in [0, 0.1) is 5.82 Å². The summed E-state index contributed by atoms with van der Waals surface area (Å²) >= 11 is 0. The number of piperazine rings is 1. The van der Waals surface area contributed by atoms with Crippen molar-refractivity contribution in [3.63, 3.8) is 0 Å². The zero-order valence-electron chi connectivity index (χ0n) is 12.9. The Morgan fingerprint density at radius 2 is 1.83 bits per heavy atom. The Bertz CT molecular complexity index is 711. The summed E-state index contributed by atoms with van der Waals surface area (Å²) in [5, 5.41) is 3.48.